The predicted octanol–water partition coefficient (Wildman–Crippen LogP) is 2.50. The fraction of sp³-hybridized carbons (Fsp3) is 0.562. The van der Waals surface area contributed by atoms with Gasteiger partial charge in [0.15, 0.2) is 0 Å². The molecule has 0 spiro atoms. The average molecular weight is 279 g/mol. The van der Waals surface area contributed by atoms with E-state index >= 15 is 0 Å². The summed E-state index contributed by atoms with van der Waals surface area (Å²) in [5.74, 6) is -0.125. The zero-order chi connectivity index (χ0) is 15.2. The molecule has 1 rings (SSSR count). The molecule has 0 heterocycles. The molecule has 4 heteroatoms. The maximum Gasteiger partial charge on any atom is 0.251 e. The summed E-state index contributed by atoms with van der Waals surface area (Å²) in [5.41, 5.74) is 1.25. The minimum atomic E-state index is -0.411. The van der Waals surface area contributed by atoms with E-state index in [0.29, 0.717) is 18.6 Å². The fourth-order valence-corrected chi connectivity index (χ4v) is 1.74. The van der Waals surface area contributed by atoms with Crippen LogP contribution in [0.1, 0.15) is 50.0 Å². The van der Waals surface area contributed by atoms with Gasteiger partial charge >= 0.3 is 0 Å². The van der Waals surface area contributed by atoms with E-state index < -0.39 is 5.54 Å². The van der Waals surface area contributed by atoms with Crippen molar-refractivity contribution in [2.75, 3.05) is 6.61 Å². The molecule has 0 saturated carbocycles. The highest BCUT2D eigenvalue weighted by Crippen LogP contribution is 2.11. The molecule has 0 atom stereocenters. The van der Waals surface area contributed by atoms with Crippen molar-refractivity contribution in [2.45, 2.75) is 52.4 Å². The van der Waals surface area contributed by atoms with Crippen molar-refractivity contribution in [3.63, 3.8) is 0 Å². The van der Waals surface area contributed by atoms with E-state index in [1.165, 1.54) is 0 Å². The first-order valence-electron chi connectivity index (χ1n) is 6.98. The molecule has 0 aliphatic carbocycles. The van der Waals surface area contributed by atoms with Crippen LogP contribution >= 0.6 is 0 Å². The first-order valence-corrected chi connectivity index (χ1v) is 6.98. The van der Waals surface area contributed by atoms with Gasteiger partial charge < -0.3 is 15.2 Å². The van der Waals surface area contributed by atoms with E-state index in [4.69, 9.17) is 9.84 Å². The van der Waals surface area contributed by atoms with Crippen molar-refractivity contribution >= 4 is 5.91 Å². The normalized spacial score (nSPS) is 11.7. The first-order chi connectivity index (χ1) is 9.34. The molecule has 1 amide bonds. The number of aliphatic hydroxyl groups excluding tert-OH is 1. The van der Waals surface area contributed by atoms with Gasteiger partial charge in [-0.3, -0.25) is 4.79 Å². The van der Waals surface area contributed by atoms with Gasteiger partial charge in [-0.2, -0.15) is 0 Å². The topological polar surface area (TPSA) is 58.6 Å². The summed E-state index contributed by atoms with van der Waals surface area (Å²) in [6.45, 7) is 8.38. The van der Waals surface area contributed by atoms with Crippen LogP contribution in [0.3, 0.4) is 0 Å². The first kappa shape index (κ1) is 16.7. The molecule has 0 saturated heterocycles. The summed E-state index contributed by atoms with van der Waals surface area (Å²) >= 11 is 0. The van der Waals surface area contributed by atoms with Gasteiger partial charge in [0.2, 0.25) is 0 Å². The van der Waals surface area contributed by atoms with Crippen molar-refractivity contribution in [1.29, 1.82) is 0 Å². The van der Waals surface area contributed by atoms with Crippen LogP contribution in [0.25, 0.3) is 0 Å². The maximum atomic E-state index is 12.1. The fourth-order valence-electron chi connectivity index (χ4n) is 1.74. The smallest absolute Gasteiger partial charge is 0.251 e. The summed E-state index contributed by atoms with van der Waals surface area (Å²) in [5, 5.41) is 11.9. The van der Waals surface area contributed by atoms with Crippen molar-refractivity contribution in [1.82, 2.24) is 5.32 Å². The number of nitrogens with one attached hydrogen (secondary N) is 1. The molecule has 20 heavy (non-hydrogen) atoms. The molecule has 0 aliphatic rings. The van der Waals surface area contributed by atoms with Gasteiger partial charge in [-0.05, 0) is 51.8 Å². The van der Waals surface area contributed by atoms with Crippen LogP contribution in [-0.2, 0) is 11.3 Å². The van der Waals surface area contributed by atoms with Crippen molar-refractivity contribution in [3.05, 3.63) is 35.4 Å². The van der Waals surface area contributed by atoms with Gasteiger partial charge in [0.1, 0.15) is 0 Å². The van der Waals surface area contributed by atoms with Gasteiger partial charge in [-0.15, -0.1) is 0 Å². The SMILES string of the molecule is CC(C)OCc1ccc(C(=O)NC(C)(C)CCO)cc1. The Labute approximate surface area is 121 Å². The number of hydrogen-bond acceptors (Lipinski definition) is 3. The van der Waals surface area contributed by atoms with Gasteiger partial charge in [0, 0.05) is 17.7 Å². The summed E-state index contributed by atoms with van der Waals surface area (Å²) in [7, 11) is 0. The number of amides is 1. The van der Waals surface area contributed by atoms with E-state index in [1.54, 1.807) is 12.1 Å². The molecule has 0 aromatic heterocycles. The second kappa shape index (κ2) is 7.41. The number of hydrogen-bond donors (Lipinski definition) is 2. The molecule has 1 aromatic carbocycles. The minimum absolute atomic E-state index is 0.0543. The summed E-state index contributed by atoms with van der Waals surface area (Å²) < 4.78 is 5.51. The predicted molar refractivity (Wildman–Crippen MR) is 79.6 cm³/mol. The van der Waals surface area contributed by atoms with Crippen LogP contribution in [0.5, 0.6) is 0 Å². The van der Waals surface area contributed by atoms with Gasteiger partial charge in [0.05, 0.1) is 12.7 Å². The van der Waals surface area contributed by atoms with Gasteiger partial charge in [-0.25, -0.2) is 0 Å². The van der Waals surface area contributed by atoms with Crippen LogP contribution in [0.2, 0.25) is 0 Å². The highest BCUT2D eigenvalue weighted by Gasteiger charge is 2.20. The molecule has 0 aliphatic heterocycles. The highest BCUT2D eigenvalue weighted by atomic mass is 16.5. The second-order valence-corrected chi connectivity index (χ2v) is 5.87. The van der Waals surface area contributed by atoms with Gasteiger partial charge in [0.25, 0.3) is 5.91 Å². The summed E-state index contributed by atoms with van der Waals surface area (Å²) in [4.78, 5) is 12.1. The lowest BCUT2D eigenvalue weighted by Crippen LogP contribution is -2.44. The average Bonchev–Trinajstić information content (AvgIpc) is 2.36. The quantitative estimate of drug-likeness (QED) is 0.806. The van der Waals surface area contributed by atoms with E-state index in [9.17, 15) is 4.79 Å². The van der Waals surface area contributed by atoms with Crippen molar-refractivity contribution in [2.24, 2.45) is 0 Å². The number of ether oxygens (including phenoxy) is 1. The highest BCUT2D eigenvalue weighted by molar-refractivity contribution is 5.94. The number of aliphatic hydroxyl groups is 1. The molecule has 0 bridgehead atoms. The molecular formula is C16H25NO3. The molecular weight excluding hydrogens is 254 g/mol. The Balaban J connectivity index is 2.61. The molecule has 112 valence electrons. The number of carbonyl (C=O) groups is 1. The molecule has 2 N–H and O–H groups in total. The van der Waals surface area contributed by atoms with Crippen LogP contribution in [0.15, 0.2) is 24.3 Å². The Hall–Kier alpha value is -1.39. The molecule has 0 radical (unpaired) electrons. The summed E-state index contributed by atoms with van der Waals surface area (Å²) in [6.07, 6.45) is 0.719. The van der Waals surface area contributed by atoms with Crippen LogP contribution in [-0.4, -0.2) is 29.3 Å². The Kier molecular flexibility index (Phi) is 6.17. The zero-order valence-corrected chi connectivity index (χ0v) is 12.8. The van der Waals surface area contributed by atoms with Crippen molar-refractivity contribution < 1.29 is 14.6 Å². The van der Waals surface area contributed by atoms with E-state index in [-0.39, 0.29) is 18.6 Å². The van der Waals surface area contributed by atoms with E-state index in [0.717, 1.165) is 5.56 Å². The van der Waals surface area contributed by atoms with E-state index in [2.05, 4.69) is 5.32 Å². The Bertz CT molecular complexity index is 424. The van der Waals surface area contributed by atoms with Crippen molar-refractivity contribution in [3.8, 4) is 0 Å². The molecule has 1 aromatic rings. The lowest BCUT2D eigenvalue weighted by Gasteiger charge is -2.25. The number of rotatable bonds is 7. The second-order valence-electron chi connectivity index (χ2n) is 5.87. The summed E-state index contributed by atoms with van der Waals surface area (Å²) in [6, 6.07) is 7.39. The number of benzene rings is 1. The monoisotopic (exact) mass is 279 g/mol. The van der Waals surface area contributed by atoms with Crippen LogP contribution in [0, 0.1) is 0 Å². The minimum Gasteiger partial charge on any atom is -0.396 e. The molecule has 0 fully saturated rings. The standard InChI is InChI=1S/C16H25NO3/c1-12(2)20-11-13-5-7-14(8-6-13)15(19)17-16(3,4)9-10-18/h5-8,12,18H,9-11H2,1-4H3,(H,17,19). The lowest BCUT2D eigenvalue weighted by atomic mass is 10.0. The molecule has 4 nitrogen and oxygen atoms in total. The van der Waals surface area contributed by atoms with Crippen LogP contribution in [0.4, 0.5) is 0 Å². The zero-order valence-electron chi connectivity index (χ0n) is 12.8. The lowest BCUT2D eigenvalue weighted by molar-refractivity contribution is 0.0656. The Morgan fingerprint density at radius 2 is 1.90 bits per heavy atom. The number of carbonyl (C=O) groups excluding carboxylic acids is 1. The Morgan fingerprint density at radius 1 is 1.30 bits per heavy atom. The third-order valence-corrected chi connectivity index (χ3v) is 2.99. The van der Waals surface area contributed by atoms with Crippen LogP contribution < -0.4 is 5.32 Å². The third-order valence-electron chi connectivity index (χ3n) is 2.99. The largest absolute Gasteiger partial charge is 0.396 e. The van der Waals surface area contributed by atoms with Gasteiger partial charge in [-0.1, -0.05) is 12.1 Å². The maximum absolute atomic E-state index is 12.1. The molecule has 0 unspecified atom stereocenters. The third kappa shape index (κ3) is 5.72. The van der Waals surface area contributed by atoms with E-state index in [1.807, 2.05) is 39.8 Å². The Morgan fingerprint density at radius 3 is 2.40 bits per heavy atom.